The molecule has 17 heteroatoms. The lowest BCUT2D eigenvalue weighted by Gasteiger charge is -2.23. The number of thioether (sulfide) groups is 1. The Morgan fingerprint density at radius 2 is 1.50 bits per heavy atom. The molecule has 2 aliphatic rings. The molecule has 0 fully saturated rings. The van der Waals surface area contributed by atoms with Gasteiger partial charge in [-0.1, -0.05) is 29.2 Å². The number of aromatic nitrogens is 3. The van der Waals surface area contributed by atoms with Gasteiger partial charge in [-0.15, -0.1) is 0 Å². The molecule has 3 aromatic heterocycles. The predicted molar refractivity (Wildman–Crippen MR) is 238 cm³/mol. The van der Waals surface area contributed by atoms with E-state index in [-0.39, 0.29) is 30.8 Å². The highest BCUT2D eigenvalue weighted by molar-refractivity contribution is 8.03. The molecule has 0 atom stereocenters. The molecule has 0 unspecified atom stereocenters. The van der Waals surface area contributed by atoms with E-state index in [1.165, 1.54) is 0 Å². The van der Waals surface area contributed by atoms with Gasteiger partial charge in [0.15, 0.2) is 6.54 Å². The number of likely N-dealkylation sites (N-methyl/N-ethyl adjacent to an activating group) is 1. The van der Waals surface area contributed by atoms with E-state index in [4.69, 9.17) is 0 Å². The normalized spacial score (nSPS) is 16.0. The van der Waals surface area contributed by atoms with Gasteiger partial charge in [0.1, 0.15) is 4.70 Å². The lowest BCUT2D eigenvalue weighted by molar-refractivity contribution is -0.668. The van der Waals surface area contributed by atoms with Crippen molar-refractivity contribution in [2.24, 2.45) is 0 Å². The van der Waals surface area contributed by atoms with Crippen LogP contribution in [-0.2, 0) is 31.6 Å². The Kier molecular flexibility index (Phi) is 13.5. The van der Waals surface area contributed by atoms with E-state index in [9.17, 15) is 35.8 Å². The Morgan fingerprint density at radius 1 is 0.833 bits per heavy atom. The second-order valence-corrected chi connectivity index (χ2v) is 20.1. The molecular weight excluding hydrogens is 843 g/mol. The number of fused-ring (bicyclic) bond motifs is 2. The summed E-state index contributed by atoms with van der Waals surface area (Å²) in [5.41, 5.74) is 7.14. The first kappa shape index (κ1) is 43.2. The summed E-state index contributed by atoms with van der Waals surface area (Å²) >= 11 is 3.21. The zero-order chi connectivity index (χ0) is 42.4. The van der Waals surface area contributed by atoms with E-state index < -0.39 is 26.2 Å². The Labute approximate surface area is 358 Å². The minimum absolute atomic E-state index is 0.0985. The molecule has 0 saturated heterocycles. The van der Waals surface area contributed by atoms with Crippen LogP contribution in [0.5, 0.6) is 0 Å². The molecule has 4 heterocycles. The van der Waals surface area contributed by atoms with E-state index in [2.05, 4.69) is 75.1 Å². The number of benzene rings is 2. The van der Waals surface area contributed by atoms with Crippen LogP contribution >= 0.6 is 23.1 Å². The van der Waals surface area contributed by atoms with Crippen molar-refractivity contribution in [2.75, 3.05) is 36.5 Å². The van der Waals surface area contributed by atoms with Crippen LogP contribution < -0.4 is 9.47 Å². The van der Waals surface area contributed by atoms with Crippen LogP contribution in [0.2, 0.25) is 0 Å². The summed E-state index contributed by atoms with van der Waals surface area (Å²) in [5, 5.41) is 11.1. The van der Waals surface area contributed by atoms with Gasteiger partial charge in [-0.25, -0.2) is 0 Å². The lowest BCUT2D eigenvalue weighted by Crippen LogP contribution is -2.36. The summed E-state index contributed by atoms with van der Waals surface area (Å²) in [5.74, 6) is -1.52. The number of carbonyl (C=O) groups is 1. The third kappa shape index (κ3) is 10.9. The second kappa shape index (κ2) is 18.8. The molecule has 5 aromatic rings. The molecule has 0 spiro atoms. The molecule has 7 rings (SSSR count). The number of thiazole rings is 1. The Bertz CT molecular complexity index is 2700. The monoisotopic (exact) mass is 890 g/mol. The largest absolute Gasteiger partial charge is 0.481 e. The van der Waals surface area contributed by atoms with Gasteiger partial charge in [-0.2, -0.15) is 21.4 Å². The number of allylic oxidation sites excluding steroid dienone is 5. The van der Waals surface area contributed by atoms with Crippen molar-refractivity contribution >= 4 is 71.3 Å². The molecule has 0 radical (unpaired) electrons. The van der Waals surface area contributed by atoms with Gasteiger partial charge in [-0.05, 0) is 110 Å². The molecule has 316 valence electrons. The van der Waals surface area contributed by atoms with Gasteiger partial charge >= 0.3 is 5.97 Å². The van der Waals surface area contributed by atoms with E-state index >= 15 is 0 Å². The number of nitrogens with zero attached hydrogens (tertiary/aromatic N) is 5. The number of carboxylic acids is 1. The van der Waals surface area contributed by atoms with Crippen LogP contribution in [0.3, 0.4) is 0 Å². The zero-order valence-electron chi connectivity index (χ0n) is 33.1. The van der Waals surface area contributed by atoms with Crippen molar-refractivity contribution in [1.29, 1.82) is 0 Å². The quantitative estimate of drug-likeness (QED) is 0.0419. The van der Waals surface area contributed by atoms with Gasteiger partial charge in [-0.3, -0.25) is 13.9 Å². The first-order valence-electron chi connectivity index (χ1n) is 19.7. The number of anilines is 1. The van der Waals surface area contributed by atoms with E-state index in [1.54, 1.807) is 23.1 Å². The molecule has 1 aliphatic carbocycles. The average Bonchev–Trinajstić information content (AvgIpc) is 4.05. The molecule has 3 N–H and O–H groups in total. The van der Waals surface area contributed by atoms with Crippen molar-refractivity contribution < 1.29 is 40.4 Å². The molecule has 0 bridgehead atoms. The molecular formula is C43H48N5O8S4+. The number of aliphatic carboxylic acids is 1. The maximum Gasteiger partial charge on any atom is 0.303 e. The van der Waals surface area contributed by atoms with Crippen molar-refractivity contribution in [1.82, 2.24) is 14.0 Å². The third-order valence-corrected chi connectivity index (χ3v) is 14.3. The fraction of sp³-hybridized carbons (Fsp3) is 0.302. The highest BCUT2D eigenvalue weighted by Gasteiger charge is 2.28. The predicted octanol–water partition coefficient (Wildman–Crippen LogP) is 7.95. The zero-order valence-corrected chi connectivity index (χ0v) is 36.4. The first-order chi connectivity index (χ1) is 28.7. The summed E-state index contributed by atoms with van der Waals surface area (Å²) in [7, 11) is -6.24. The number of rotatable bonds is 19. The fourth-order valence-corrected chi connectivity index (χ4v) is 10.8. The highest BCUT2D eigenvalue weighted by Crippen LogP contribution is 2.47. The van der Waals surface area contributed by atoms with Crippen LogP contribution in [0.1, 0.15) is 50.0 Å². The van der Waals surface area contributed by atoms with Crippen molar-refractivity contribution in [2.45, 2.75) is 56.4 Å². The molecule has 13 nitrogen and oxygen atoms in total. The summed E-state index contributed by atoms with van der Waals surface area (Å²) in [4.78, 5) is 16.6. The number of carboxylic acid groups (broad SMARTS) is 1. The van der Waals surface area contributed by atoms with Crippen molar-refractivity contribution in [3.8, 4) is 11.4 Å². The summed E-state index contributed by atoms with van der Waals surface area (Å²) in [6.45, 7) is 1.42. The van der Waals surface area contributed by atoms with Gasteiger partial charge < -0.3 is 24.0 Å². The van der Waals surface area contributed by atoms with Gasteiger partial charge in [0.25, 0.3) is 25.2 Å². The van der Waals surface area contributed by atoms with E-state index in [0.717, 1.165) is 71.9 Å². The molecule has 2 aromatic carbocycles. The van der Waals surface area contributed by atoms with Crippen molar-refractivity contribution in [3.05, 3.63) is 131 Å². The summed E-state index contributed by atoms with van der Waals surface area (Å²) in [6, 6.07) is 20.2. The maximum atomic E-state index is 11.7. The third-order valence-electron chi connectivity index (χ3n) is 10.4. The Morgan fingerprint density at radius 3 is 2.18 bits per heavy atom. The summed E-state index contributed by atoms with van der Waals surface area (Å²) in [6.07, 6.45) is 19.6. The van der Waals surface area contributed by atoms with Crippen LogP contribution in [0.4, 0.5) is 5.69 Å². The lowest BCUT2D eigenvalue weighted by atomic mass is 10.1. The topological polar surface area (TPSA) is 166 Å². The average molecular weight is 891 g/mol. The number of hydrogen-bond acceptors (Lipinski definition) is 9. The SMILES string of the molecule is CN(CCCCC(=O)O)C1=C(/C=C/c2sc3ccc(-n4cccc4)cc3[n+]2CCCS(=O)(=O)O)CC/C1=C\C=C1/Sc2ccc(-n3cccc3)cc2N1CCCS(=O)(=O)O. The fourth-order valence-electron chi connectivity index (χ4n) is 7.64. The molecule has 1 aliphatic heterocycles. The van der Waals surface area contributed by atoms with Crippen molar-refractivity contribution in [3.63, 3.8) is 0 Å². The van der Waals surface area contributed by atoms with Gasteiger partial charge in [0.2, 0.25) is 5.52 Å². The van der Waals surface area contributed by atoms with Crippen LogP contribution in [-0.4, -0.2) is 82.7 Å². The molecule has 0 amide bonds. The Hall–Kier alpha value is -4.91. The molecule has 0 saturated carbocycles. The van der Waals surface area contributed by atoms with Crippen LogP contribution in [0.25, 0.3) is 27.7 Å². The first-order valence-corrected chi connectivity index (χ1v) is 24.6. The molecule has 60 heavy (non-hydrogen) atoms. The highest BCUT2D eigenvalue weighted by atomic mass is 32.2. The van der Waals surface area contributed by atoms with Gasteiger partial charge in [0.05, 0.1) is 27.9 Å². The number of hydrogen-bond donors (Lipinski definition) is 3. The van der Waals surface area contributed by atoms with Crippen LogP contribution in [0, 0.1) is 0 Å². The van der Waals surface area contributed by atoms with E-state index in [1.807, 2.05) is 65.2 Å². The minimum Gasteiger partial charge on any atom is -0.481 e. The Balaban J connectivity index is 1.23. The number of unbranched alkanes of at least 4 members (excludes halogenated alkanes) is 1. The smallest absolute Gasteiger partial charge is 0.303 e. The minimum atomic E-state index is -4.13. The maximum absolute atomic E-state index is 11.7. The van der Waals surface area contributed by atoms with Gasteiger partial charge in [0, 0.05) is 86.2 Å². The second-order valence-electron chi connectivity index (χ2n) is 14.8. The van der Waals surface area contributed by atoms with Crippen LogP contribution in [0.15, 0.2) is 130 Å². The standard InChI is InChI=1S/C43H47N5O8S4/c1-44(21-3-2-10-42(49)50)43-32(13-19-40-47(26-8-28-59(51,52)53)36-30-34(15-17-38(36)57-40)45-22-4-5-23-45)11-12-33(43)14-20-41-48(27-9-29-60(54,55)56)37-31-35(16-18-39(37)58-41)46-24-6-7-25-46/h4-7,13-20,22-25,30-31H,2-3,8-12,21,26-29H2,1H3,(H2-,49,50,51,52,53,54,55,56)/p+1. The number of aryl methyl sites for hydroxylation is 1. The van der Waals surface area contributed by atoms with E-state index in [0.29, 0.717) is 32.5 Å². The summed E-state index contributed by atoms with van der Waals surface area (Å²) < 4.78 is 72.9.